The van der Waals surface area contributed by atoms with E-state index in [1.165, 1.54) is 18.2 Å². The standard InChI is InChI=1S/C23H24F3N5O/c1-14-12-31(13-15(2)28-14)22-16(3-7-20(30-22)23(24,25)26)4-8-21(32)29-18-5-6-19-17(11-18)9-10-27-19/h3-11,14-15,27-28H,12-13H2,1-2H3,(H,29,32)/b8-4+. The normalized spacial score (nSPS) is 19.6. The van der Waals surface area contributed by atoms with Crippen molar-refractivity contribution in [3.05, 3.63) is 59.9 Å². The molecule has 1 amide bonds. The van der Waals surface area contributed by atoms with Gasteiger partial charge < -0.3 is 20.5 Å². The molecule has 0 spiro atoms. The maximum atomic E-state index is 13.3. The lowest BCUT2D eigenvalue weighted by molar-refractivity contribution is -0.141. The topological polar surface area (TPSA) is 73.0 Å². The van der Waals surface area contributed by atoms with E-state index in [0.29, 0.717) is 24.3 Å². The van der Waals surface area contributed by atoms with Gasteiger partial charge in [-0.1, -0.05) is 0 Å². The zero-order valence-corrected chi connectivity index (χ0v) is 17.7. The first-order chi connectivity index (χ1) is 15.2. The van der Waals surface area contributed by atoms with Crippen molar-refractivity contribution in [2.45, 2.75) is 32.1 Å². The summed E-state index contributed by atoms with van der Waals surface area (Å²) >= 11 is 0. The smallest absolute Gasteiger partial charge is 0.361 e. The number of nitrogens with one attached hydrogen (secondary N) is 3. The molecule has 1 aliphatic heterocycles. The average Bonchev–Trinajstić information content (AvgIpc) is 3.18. The Balaban J connectivity index is 1.58. The number of carbonyl (C=O) groups excluding carboxylic acids is 1. The van der Waals surface area contributed by atoms with Crippen LogP contribution in [0.2, 0.25) is 0 Å². The first-order valence-corrected chi connectivity index (χ1v) is 10.3. The molecule has 1 aromatic carbocycles. The molecule has 0 saturated carbocycles. The molecule has 3 N–H and O–H groups in total. The minimum Gasteiger partial charge on any atom is -0.361 e. The number of rotatable bonds is 4. The Hall–Kier alpha value is -3.33. The number of amides is 1. The number of hydrogen-bond acceptors (Lipinski definition) is 4. The van der Waals surface area contributed by atoms with Crippen LogP contribution >= 0.6 is 0 Å². The van der Waals surface area contributed by atoms with Gasteiger partial charge >= 0.3 is 6.18 Å². The molecule has 3 aromatic rings. The van der Waals surface area contributed by atoms with Crippen molar-refractivity contribution in [3.8, 4) is 0 Å². The Bertz CT molecular complexity index is 1140. The summed E-state index contributed by atoms with van der Waals surface area (Å²) in [5.41, 5.74) is 1.09. The van der Waals surface area contributed by atoms with Gasteiger partial charge in [-0.3, -0.25) is 4.79 Å². The first kappa shape index (κ1) is 21.9. The highest BCUT2D eigenvalue weighted by atomic mass is 19.4. The molecular formula is C23H24F3N5O. The van der Waals surface area contributed by atoms with Crippen LogP contribution in [0.25, 0.3) is 17.0 Å². The third-order valence-electron chi connectivity index (χ3n) is 5.29. The molecule has 3 heterocycles. The van der Waals surface area contributed by atoms with Gasteiger partial charge in [0, 0.05) is 59.6 Å². The number of anilines is 2. The Morgan fingerprint density at radius 3 is 2.62 bits per heavy atom. The predicted octanol–water partition coefficient (Wildman–Crippen LogP) is 4.42. The molecule has 1 fully saturated rings. The maximum Gasteiger partial charge on any atom is 0.433 e. The van der Waals surface area contributed by atoms with Crippen LogP contribution in [0.15, 0.2) is 48.7 Å². The van der Waals surface area contributed by atoms with Crippen LogP contribution in [0.4, 0.5) is 24.7 Å². The Morgan fingerprint density at radius 2 is 1.91 bits per heavy atom. The molecule has 0 aliphatic carbocycles. The highest BCUT2D eigenvalue weighted by molar-refractivity contribution is 6.03. The summed E-state index contributed by atoms with van der Waals surface area (Å²) in [5.74, 6) is -0.161. The Labute approximate surface area is 183 Å². The SMILES string of the molecule is CC1CN(c2nc(C(F)(F)F)ccc2/C=C/C(=O)Nc2ccc3[nH]ccc3c2)CC(C)N1. The molecule has 32 heavy (non-hydrogen) atoms. The number of benzene rings is 1. The third-order valence-corrected chi connectivity index (χ3v) is 5.29. The fourth-order valence-electron chi connectivity index (χ4n) is 3.98. The van der Waals surface area contributed by atoms with Crippen molar-refractivity contribution in [2.24, 2.45) is 0 Å². The van der Waals surface area contributed by atoms with Gasteiger partial charge in [0.15, 0.2) is 0 Å². The third kappa shape index (κ3) is 4.94. The lowest BCUT2D eigenvalue weighted by atomic mass is 10.1. The van der Waals surface area contributed by atoms with E-state index in [1.54, 1.807) is 6.07 Å². The number of aromatic nitrogens is 2. The van der Waals surface area contributed by atoms with Crippen molar-refractivity contribution >= 4 is 34.4 Å². The molecule has 168 valence electrons. The van der Waals surface area contributed by atoms with Crippen molar-refractivity contribution < 1.29 is 18.0 Å². The van der Waals surface area contributed by atoms with Crippen LogP contribution in [0.5, 0.6) is 0 Å². The molecule has 6 nitrogen and oxygen atoms in total. The van der Waals surface area contributed by atoms with E-state index in [2.05, 4.69) is 20.6 Å². The van der Waals surface area contributed by atoms with Crippen LogP contribution in [0.3, 0.4) is 0 Å². The van der Waals surface area contributed by atoms with Crippen molar-refractivity contribution in [3.63, 3.8) is 0 Å². The van der Waals surface area contributed by atoms with Crippen LogP contribution in [0.1, 0.15) is 25.1 Å². The summed E-state index contributed by atoms with van der Waals surface area (Å²) in [4.78, 5) is 21.3. The van der Waals surface area contributed by atoms with E-state index in [-0.39, 0.29) is 23.8 Å². The second-order valence-corrected chi connectivity index (χ2v) is 8.08. The molecule has 1 aliphatic rings. The molecule has 2 unspecified atom stereocenters. The van der Waals surface area contributed by atoms with Crippen molar-refractivity contribution in [1.29, 1.82) is 0 Å². The molecule has 2 aromatic heterocycles. The summed E-state index contributed by atoms with van der Waals surface area (Å²) in [6.45, 7) is 4.98. The molecule has 2 atom stereocenters. The zero-order valence-electron chi connectivity index (χ0n) is 17.7. The largest absolute Gasteiger partial charge is 0.433 e. The van der Waals surface area contributed by atoms with E-state index in [4.69, 9.17) is 0 Å². The van der Waals surface area contributed by atoms with E-state index in [1.807, 2.05) is 43.1 Å². The molecular weight excluding hydrogens is 419 g/mol. The predicted molar refractivity (Wildman–Crippen MR) is 119 cm³/mol. The minimum atomic E-state index is -4.55. The molecule has 0 radical (unpaired) electrons. The van der Waals surface area contributed by atoms with Gasteiger partial charge in [0.2, 0.25) is 5.91 Å². The summed E-state index contributed by atoms with van der Waals surface area (Å²) in [7, 11) is 0. The maximum absolute atomic E-state index is 13.3. The highest BCUT2D eigenvalue weighted by Gasteiger charge is 2.34. The van der Waals surface area contributed by atoms with Crippen LogP contribution in [-0.4, -0.2) is 41.0 Å². The highest BCUT2D eigenvalue weighted by Crippen LogP contribution is 2.31. The van der Waals surface area contributed by atoms with Gasteiger partial charge in [-0.05, 0) is 56.3 Å². The van der Waals surface area contributed by atoms with E-state index < -0.39 is 11.9 Å². The average molecular weight is 443 g/mol. The summed E-state index contributed by atoms with van der Waals surface area (Å²) in [6.07, 6.45) is 0.0812. The quantitative estimate of drug-likeness (QED) is 0.522. The van der Waals surface area contributed by atoms with E-state index in [9.17, 15) is 18.0 Å². The summed E-state index contributed by atoms with van der Waals surface area (Å²) in [6, 6.07) is 9.87. The number of pyridine rings is 1. The second kappa shape index (κ2) is 8.66. The zero-order chi connectivity index (χ0) is 22.9. The summed E-state index contributed by atoms with van der Waals surface area (Å²) < 4.78 is 39.9. The minimum absolute atomic E-state index is 0.0959. The number of alkyl halides is 3. The number of hydrogen-bond donors (Lipinski definition) is 3. The lowest BCUT2D eigenvalue weighted by Crippen LogP contribution is -2.54. The fraction of sp³-hybridized carbons (Fsp3) is 0.304. The first-order valence-electron chi connectivity index (χ1n) is 10.3. The van der Waals surface area contributed by atoms with E-state index >= 15 is 0 Å². The van der Waals surface area contributed by atoms with Gasteiger partial charge in [0.1, 0.15) is 11.5 Å². The van der Waals surface area contributed by atoms with Crippen molar-refractivity contribution in [2.75, 3.05) is 23.3 Å². The van der Waals surface area contributed by atoms with Crippen LogP contribution in [-0.2, 0) is 11.0 Å². The van der Waals surface area contributed by atoms with Gasteiger partial charge in [0.05, 0.1) is 0 Å². The fourth-order valence-corrected chi connectivity index (χ4v) is 3.98. The number of nitrogens with zero attached hydrogens (tertiary/aromatic N) is 2. The summed E-state index contributed by atoms with van der Waals surface area (Å²) in [5, 5.41) is 7.10. The Morgan fingerprint density at radius 1 is 1.16 bits per heavy atom. The van der Waals surface area contributed by atoms with Crippen molar-refractivity contribution in [1.82, 2.24) is 15.3 Å². The molecule has 0 bridgehead atoms. The monoisotopic (exact) mass is 443 g/mol. The second-order valence-electron chi connectivity index (χ2n) is 8.08. The number of halogens is 3. The number of piperazine rings is 1. The lowest BCUT2D eigenvalue weighted by Gasteiger charge is -2.37. The van der Waals surface area contributed by atoms with Gasteiger partial charge in [-0.15, -0.1) is 0 Å². The number of H-pyrrole nitrogens is 1. The van der Waals surface area contributed by atoms with E-state index in [0.717, 1.165) is 17.0 Å². The number of fused-ring (bicyclic) bond motifs is 1. The van der Waals surface area contributed by atoms with Gasteiger partial charge in [-0.2, -0.15) is 13.2 Å². The molecule has 1 saturated heterocycles. The van der Waals surface area contributed by atoms with Crippen LogP contribution < -0.4 is 15.5 Å². The number of aromatic amines is 1. The van der Waals surface area contributed by atoms with Gasteiger partial charge in [-0.25, -0.2) is 4.98 Å². The number of carbonyl (C=O) groups is 1. The molecule has 9 heteroatoms. The van der Waals surface area contributed by atoms with Crippen LogP contribution in [0, 0.1) is 0 Å². The Kier molecular flexibility index (Phi) is 5.92. The molecule has 4 rings (SSSR count). The van der Waals surface area contributed by atoms with Gasteiger partial charge in [0.25, 0.3) is 0 Å².